The smallest absolute Gasteiger partial charge is 0.328 e. The van der Waals surface area contributed by atoms with Gasteiger partial charge in [-0.15, -0.1) is 12.4 Å². The Morgan fingerprint density at radius 3 is 2.27 bits per heavy atom. The first-order valence-electron chi connectivity index (χ1n) is 17.6. The van der Waals surface area contributed by atoms with Gasteiger partial charge in [-0.25, -0.2) is 4.79 Å². The summed E-state index contributed by atoms with van der Waals surface area (Å²) >= 11 is 12.1. The third-order valence-corrected chi connectivity index (χ3v) is 10.6. The monoisotopic (exact) mass is 810 g/mol. The fraction of sp³-hybridized carbons (Fsp3) is 0.209. The van der Waals surface area contributed by atoms with Crippen molar-refractivity contribution in [3.05, 3.63) is 147 Å². The minimum atomic E-state index is -0.901. The largest absolute Gasteiger partial charge is 0.489 e. The molecule has 1 unspecified atom stereocenters. The van der Waals surface area contributed by atoms with Gasteiger partial charge in [0.2, 0.25) is 12.0 Å². The van der Waals surface area contributed by atoms with Crippen molar-refractivity contribution in [3.63, 3.8) is 0 Å². The van der Waals surface area contributed by atoms with Gasteiger partial charge in [-0.3, -0.25) is 9.59 Å². The summed E-state index contributed by atoms with van der Waals surface area (Å²) in [6.07, 6.45) is -0.267. The summed E-state index contributed by atoms with van der Waals surface area (Å²) in [6, 6.07) is 31.9. The quantitative estimate of drug-likeness (QED) is 0.139. The number of amides is 2. The Morgan fingerprint density at radius 1 is 0.929 bits per heavy atom. The van der Waals surface area contributed by atoms with E-state index in [0.717, 1.165) is 33.4 Å². The van der Waals surface area contributed by atoms with Crippen molar-refractivity contribution in [2.75, 3.05) is 19.1 Å². The lowest BCUT2D eigenvalue weighted by Crippen LogP contribution is -2.53. The van der Waals surface area contributed by atoms with Gasteiger partial charge in [-0.05, 0) is 88.3 Å². The van der Waals surface area contributed by atoms with Crippen LogP contribution in [0.25, 0.3) is 11.1 Å². The standard InChI is InChI=1S/C43H36Cl2N4O6.ClH/c1-49-38-20-31-19-36(41(50)48-37(43(52)53-2)18-25-3-8-28(9-4-25)29-10-5-26(22-46)6-11-29)47-23-32(31)21-39(38)55-40(42(49)51)30-12-14-33(15-13-30)54-24-27-7-16-34(44)35(45)17-27;/h3-17,20-21,36-37,40,47H,18-19,23-24H2,1-2H3,(H,48,50);1H/t36?,37-,40-;/m0./s1. The number of fused-ring (bicyclic) bond motifs is 2. The van der Waals surface area contributed by atoms with Crippen LogP contribution in [0.4, 0.5) is 5.69 Å². The Kier molecular flexibility index (Phi) is 12.5. The SMILES string of the molecule is COC(=O)[C@H](Cc1ccc(-c2ccc(C#N)cc2)cc1)NC(=O)C1Cc2cc3c(cc2CN1)O[C@@H](c1ccc(OCc2ccc(Cl)c(Cl)c2)cc1)C(=O)N3C.Cl. The molecule has 2 N–H and O–H groups in total. The number of nitriles is 1. The van der Waals surface area contributed by atoms with E-state index in [4.69, 9.17) is 42.7 Å². The van der Waals surface area contributed by atoms with Crippen molar-refractivity contribution >= 4 is 59.1 Å². The Balaban J connectivity index is 0.00000532. The van der Waals surface area contributed by atoms with Crippen molar-refractivity contribution in [2.45, 2.75) is 44.2 Å². The molecule has 0 fully saturated rings. The minimum Gasteiger partial charge on any atom is -0.489 e. The molecular weight excluding hydrogens is 775 g/mol. The molecular formula is C43H37Cl3N4O6. The predicted octanol–water partition coefficient (Wildman–Crippen LogP) is 7.54. The van der Waals surface area contributed by atoms with E-state index in [9.17, 15) is 14.4 Å². The first kappa shape index (κ1) is 40.1. The molecule has 13 heteroatoms. The Bertz CT molecular complexity index is 2300. The van der Waals surface area contributed by atoms with Gasteiger partial charge in [-0.2, -0.15) is 5.26 Å². The molecule has 2 aliphatic rings. The molecule has 5 aromatic rings. The molecule has 0 saturated heterocycles. The zero-order valence-corrected chi connectivity index (χ0v) is 32.7. The van der Waals surface area contributed by atoms with Gasteiger partial charge >= 0.3 is 5.97 Å². The molecule has 2 heterocycles. The fourth-order valence-electron chi connectivity index (χ4n) is 6.71. The number of carbonyl (C=O) groups is 3. The number of nitrogens with zero attached hydrogens (tertiary/aromatic N) is 2. The number of hydrogen-bond acceptors (Lipinski definition) is 8. The maximum Gasteiger partial charge on any atom is 0.328 e. The second kappa shape index (κ2) is 17.5. The van der Waals surface area contributed by atoms with E-state index >= 15 is 0 Å². The normalized spacial score (nSPS) is 16.2. The van der Waals surface area contributed by atoms with E-state index in [2.05, 4.69) is 16.7 Å². The van der Waals surface area contributed by atoms with Gasteiger partial charge in [0.1, 0.15) is 24.1 Å². The van der Waals surface area contributed by atoms with Crippen LogP contribution in [0.1, 0.15) is 39.5 Å². The van der Waals surface area contributed by atoms with Crippen molar-refractivity contribution in [2.24, 2.45) is 0 Å². The topological polar surface area (TPSA) is 130 Å². The zero-order chi connectivity index (χ0) is 38.6. The fourth-order valence-corrected chi connectivity index (χ4v) is 7.03. The summed E-state index contributed by atoms with van der Waals surface area (Å²) in [4.78, 5) is 41.5. The molecule has 0 saturated carbocycles. The number of benzene rings is 5. The summed E-state index contributed by atoms with van der Waals surface area (Å²) in [5.41, 5.74) is 7.36. The van der Waals surface area contributed by atoms with Gasteiger partial charge in [0.25, 0.3) is 5.91 Å². The molecule has 5 aromatic carbocycles. The maximum atomic E-state index is 13.6. The number of nitrogens with one attached hydrogen (secondary N) is 2. The van der Waals surface area contributed by atoms with Crippen LogP contribution in [0, 0.1) is 11.3 Å². The average molecular weight is 812 g/mol. The lowest BCUT2D eigenvalue weighted by Gasteiger charge is -2.35. The minimum absolute atomic E-state index is 0. The summed E-state index contributed by atoms with van der Waals surface area (Å²) in [5.74, 6) is 0.0703. The number of hydrogen-bond donors (Lipinski definition) is 2. The van der Waals surface area contributed by atoms with E-state index in [1.165, 1.54) is 7.11 Å². The molecule has 2 aliphatic heterocycles. The molecule has 0 radical (unpaired) electrons. The number of anilines is 1. The number of halogens is 3. The van der Waals surface area contributed by atoms with Gasteiger partial charge in [0, 0.05) is 25.6 Å². The highest BCUT2D eigenvalue weighted by molar-refractivity contribution is 6.42. The van der Waals surface area contributed by atoms with Crippen LogP contribution in [0.5, 0.6) is 11.5 Å². The second-order valence-corrected chi connectivity index (χ2v) is 14.2. The van der Waals surface area contributed by atoms with Crippen molar-refractivity contribution in [1.82, 2.24) is 10.6 Å². The number of rotatable bonds is 10. The predicted molar refractivity (Wildman–Crippen MR) is 216 cm³/mol. The third kappa shape index (κ3) is 8.77. The van der Waals surface area contributed by atoms with E-state index < -0.39 is 24.2 Å². The number of methoxy groups -OCH3 is 1. The maximum absolute atomic E-state index is 13.6. The molecule has 2 amide bonds. The van der Waals surface area contributed by atoms with Crippen molar-refractivity contribution in [3.8, 4) is 28.7 Å². The molecule has 0 spiro atoms. The average Bonchev–Trinajstić information content (AvgIpc) is 3.21. The highest BCUT2D eigenvalue weighted by atomic mass is 35.5. The summed E-state index contributed by atoms with van der Waals surface area (Å²) in [6.45, 7) is 0.687. The molecule has 286 valence electrons. The second-order valence-electron chi connectivity index (χ2n) is 13.4. The Morgan fingerprint density at radius 2 is 1.61 bits per heavy atom. The number of ether oxygens (including phenoxy) is 3. The molecule has 0 aliphatic carbocycles. The van der Waals surface area contributed by atoms with Crippen LogP contribution in [0.2, 0.25) is 10.0 Å². The summed E-state index contributed by atoms with van der Waals surface area (Å²) < 4.78 is 17.2. The van der Waals surface area contributed by atoms with E-state index in [1.54, 1.807) is 48.3 Å². The molecule has 0 bridgehead atoms. The van der Waals surface area contributed by atoms with E-state index in [0.29, 0.717) is 57.9 Å². The van der Waals surface area contributed by atoms with Crippen LogP contribution in [-0.4, -0.2) is 44.0 Å². The van der Waals surface area contributed by atoms with Gasteiger partial charge in [-0.1, -0.05) is 77.8 Å². The van der Waals surface area contributed by atoms with Crippen LogP contribution in [0.15, 0.2) is 103 Å². The van der Waals surface area contributed by atoms with Crippen molar-refractivity contribution < 1.29 is 28.6 Å². The molecule has 0 aromatic heterocycles. The third-order valence-electron chi connectivity index (χ3n) is 9.84. The van der Waals surface area contributed by atoms with Crippen LogP contribution < -0.4 is 25.0 Å². The van der Waals surface area contributed by atoms with Crippen molar-refractivity contribution in [1.29, 1.82) is 5.26 Å². The van der Waals surface area contributed by atoms with Gasteiger partial charge in [0.15, 0.2) is 0 Å². The molecule has 7 rings (SSSR count). The Labute approximate surface area is 340 Å². The number of esters is 1. The molecule has 10 nitrogen and oxygen atoms in total. The summed E-state index contributed by atoms with van der Waals surface area (Å²) in [7, 11) is 3.00. The lowest BCUT2D eigenvalue weighted by molar-refractivity contribution is -0.145. The molecule has 56 heavy (non-hydrogen) atoms. The van der Waals surface area contributed by atoms with Crippen LogP contribution in [0.3, 0.4) is 0 Å². The van der Waals surface area contributed by atoms with Crippen LogP contribution >= 0.6 is 35.6 Å². The summed E-state index contributed by atoms with van der Waals surface area (Å²) in [5, 5.41) is 16.2. The first-order valence-corrected chi connectivity index (χ1v) is 18.3. The Hall–Kier alpha value is -5.57. The number of likely N-dealkylation sites (N-methyl/N-ethyl adjacent to an activating group) is 1. The highest BCUT2D eigenvalue weighted by Crippen LogP contribution is 2.41. The van der Waals surface area contributed by atoms with Crippen LogP contribution in [-0.2, 0) is 45.1 Å². The van der Waals surface area contributed by atoms with E-state index in [-0.39, 0.29) is 30.6 Å². The van der Waals surface area contributed by atoms with E-state index in [1.807, 2.05) is 66.7 Å². The first-order chi connectivity index (χ1) is 26.6. The van der Waals surface area contributed by atoms with Gasteiger partial charge < -0.3 is 29.7 Å². The number of carbonyl (C=O) groups excluding carboxylic acids is 3. The lowest BCUT2D eigenvalue weighted by atomic mass is 9.93. The zero-order valence-electron chi connectivity index (χ0n) is 30.4. The molecule has 3 atom stereocenters. The van der Waals surface area contributed by atoms with Gasteiger partial charge in [0.05, 0.1) is 40.5 Å². The highest BCUT2D eigenvalue weighted by Gasteiger charge is 2.36.